The summed E-state index contributed by atoms with van der Waals surface area (Å²) in [6.07, 6.45) is 1.73. The van der Waals surface area contributed by atoms with Gasteiger partial charge in [-0.15, -0.1) is 0 Å². The van der Waals surface area contributed by atoms with Crippen LogP contribution in [0.5, 0.6) is 5.75 Å². The Morgan fingerprint density at radius 2 is 2.21 bits per heavy atom. The van der Waals surface area contributed by atoms with Crippen molar-refractivity contribution in [2.45, 2.75) is 0 Å². The van der Waals surface area contributed by atoms with Crippen LogP contribution in [0, 0.1) is 4.77 Å². The Balaban J connectivity index is 2.27. The van der Waals surface area contributed by atoms with Gasteiger partial charge in [0.2, 0.25) is 0 Å². The summed E-state index contributed by atoms with van der Waals surface area (Å²) in [5, 5.41) is 0.534. The van der Waals surface area contributed by atoms with Gasteiger partial charge in [0.15, 0.2) is 10.4 Å². The molecule has 0 spiro atoms. The van der Waals surface area contributed by atoms with Crippen LogP contribution in [-0.2, 0) is 0 Å². The maximum absolute atomic E-state index is 6.15. The van der Waals surface area contributed by atoms with Crippen LogP contribution < -0.4 is 4.74 Å². The standard InChI is InChI=1S/C13H10ClN3OS/c1-18-11-5-4-8(7-9(11)14)17-12-10(16-13(17)19)3-2-6-15-12/h2-7H,1H3,(H,16,19). The average Bonchev–Trinajstić information content (AvgIpc) is 2.74. The van der Waals surface area contributed by atoms with Gasteiger partial charge >= 0.3 is 0 Å². The molecule has 0 saturated carbocycles. The molecule has 4 nitrogen and oxygen atoms in total. The van der Waals surface area contributed by atoms with Gasteiger partial charge in [-0.2, -0.15) is 0 Å². The molecule has 0 fully saturated rings. The molecule has 0 unspecified atom stereocenters. The van der Waals surface area contributed by atoms with Crippen LogP contribution >= 0.6 is 23.8 Å². The van der Waals surface area contributed by atoms with Gasteiger partial charge in [0.25, 0.3) is 0 Å². The summed E-state index contributed by atoms with van der Waals surface area (Å²) in [4.78, 5) is 7.46. The van der Waals surface area contributed by atoms with E-state index in [1.165, 1.54) is 0 Å². The van der Waals surface area contributed by atoms with Crippen molar-refractivity contribution in [1.29, 1.82) is 0 Å². The van der Waals surface area contributed by atoms with E-state index in [1.807, 2.05) is 22.8 Å². The summed E-state index contributed by atoms with van der Waals surface area (Å²) in [5.41, 5.74) is 2.51. The molecule has 0 aliphatic heterocycles. The zero-order valence-corrected chi connectivity index (χ0v) is 11.6. The molecule has 19 heavy (non-hydrogen) atoms. The Kier molecular flexibility index (Phi) is 3.00. The predicted octanol–water partition coefficient (Wildman–Crippen LogP) is 3.75. The first-order valence-corrected chi connectivity index (χ1v) is 6.39. The second-order valence-electron chi connectivity index (χ2n) is 3.96. The van der Waals surface area contributed by atoms with E-state index < -0.39 is 0 Å². The van der Waals surface area contributed by atoms with E-state index in [9.17, 15) is 0 Å². The molecule has 2 aromatic heterocycles. The topological polar surface area (TPSA) is 42.8 Å². The van der Waals surface area contributed by atoms with Crippen LogP contribution in [0.15, 0.2) is 36.5 Å². The molecule has 1 N–H and O–H groups in total. The van der Waals surface area contributed by atoms with Crippen LogP contribution in [0.25, 0.3) is 16.9 Å². The SMILES string of the molecule is COc1ccc(-n2c(=S)[nH]c3cccnc32)cc1Cl. The Bertz CT molecular complexity index is 809. The number of H-pyrrole nitrogens is 1. The number of nitrogens with one attached hydrogen (secondary N) is 1. The van der Waals surface area contributed by atoms with Gasteiger partial charge in [0.1, 0.15) is 5.75 Å². The second kappa shape index (κ2) is 4.68. The fourth-order valence-corrected chi connectivity index (χ4v) is 2.53. The van der Waals surface area contributed by atoms with Gasteiger partial charge in [0.05, 0.1) is 23.3 Å². The van der Waals surface area contributed by atoms with E-state index in [0.717, 1.165) is 16.9 Å². The molecular formula is C13H10ClN3OS. The Morgan fingerprint density at radius 3 is 2.95 bits per heavy atom. The minimum atomic E-state index is 0.534. The number of fused-ring (bicyclic) bond motifs is 1. The third-order valence-electron chi connectivity index (χ3n) is 2.84. The highest BCUT2D eigenvalue weighted by atomic mass is 35.5. The lowest BCUT2D eigenvalue weighted by Gasteiger charge is -2.07. The number of hydrogen-bond acceptors (Lipinski definition) is 3. The van der Waals surface area contributed by atoms with Crippen LogP contribution in [0.4, 0.5) is 0 Å². The third kappa shape index (κ3) is 2.01. The molecule has 2 heterocycles. The third-order valence-corrected chi connectivity index (χ3v) is 3.42. The summed E-state index contributed by atoms with van der Waals surface area (Å²) in [5.74, 6) is 0.629. The summed E-state index contributed by atoms with van der Waals surface area (Å²) < 4.78 is 7.57. The van der Waals surface area contributed by atoms with E-state index in [-0.39, 0.29) is 0 Å². The number of halogens is 1. The number of benzene rings is 1. The van der Waals surface area contributed by atoms with Crippen molar-refractivity contribution in [3.8, 4) is 11.4 Å². The van der Waals surface area contributed by atoms with E-state index in [2.05, 4.69) is 9.97 Å². The van der Waals surface area contributed by atoms with Crippen molar-refractivity contribution < 1.29 is 4.74 Å². The molecule has 0 atom stereocenters. The Hall–Kier alpha value is -1.85. The van der Waals surface area contributed by atoms with Crippen LogP contribution in [-0.4, -0.2) is 21.6 Å². The molecule has 0 bridgehead atoms. The molecule has 0 saturated heterocycles. The molecule has 0 aliphatic rings. The minimum Gasteiger partial charge on any atom is -0.495 e. The van der Waals surface area contributed by atoms with E-state index in [1.54, 1.807) is 25.4 Å². The Morgan fingerprint density at radius 1 is 1.37 bits per heavy atom. The maximum atomic E-state index is 6.15. The van der Waals surface area contributed by atoms with Crippen LogP contribution in [0.2, 0.25) is 5.02 Å². The lowest BCUT2D eigenvalue weighted by molar-refractivity contribution is 0.415. The number of ether oxygens (including phenoxy) is 1. The smallest absolute Gasteiger partial charge is 0.183 e. The molecule has 3 rings (SSSR count). The maximum Gasteiger partial charge on any atom is 0.183 e. The van der Waals surface area contributed by atoms with Gasteiger partial charge in [0, 0.05) is 6.20 Å². The molecule has 3 aromatic rings. The van der Waals surface area contributed by atoms with Gasteiger partial charge in [-0.25, -0.2) is 4.98 Å². The predicted molar refractivity (Wildman–Crippen MR) is 77.8 cm³/mol. The molecule has 6 heteroatoms. The average molecular weight is 292 g/mol. The van der Waals surface area contributed by atoms with E-state index >= 15 is 0 Å². The lowest BCUT2D eigenvalue weighted by atomic mass is 10.3. The van der Waals surface area contributed by atoms with Crippen molar-refractivity contribution in [2.75, 3.05) is 7.11 Å². The number of rotatable bonds is 2. The van der Waals surface area contributed by atoms with E-state index in [0.29, 0.717) is 15.5 Å². The first kappa shape index (κ1) is 12.2. The number of imidazole rings is 1. The number of aromatic nitrogens is 3. The largest absolute Gasteiger partial charge is 0.495 e. The monoisotopic (exact) mass is 291 g/mol. The molecule has 1 aromatic carbocycles. The summed E-state index contributed by atoms with van der Waals surface area (Å²) in [7, 11) is 1.58. The van der Waals surface area contributed by atoms with Crippen molar-refractivity contribution >= 4 is 35.0 Å². The minimum absolute atomic E-state index is 0.534. The summed E-state index contributed by atoms with van der Waals surface area (Å²) >= 11 is 11.5. The molecule has 0 radical (unpaired) electrons. The van der Waals surface area contributed by atoms with Crippen LogP contribution in [0.1, 0.15) is 0 Å². The van der Waals surface area contributed by atoms with Gasteiger partial charge in [-0.05, 0) is 42.5 Å². The van der Waals surface area contributed by atoms with E-state index in [4.69, 9.17) is 28.6 Å². The normalized spacial score (nSPS) is 10.8. The fourth-order valence-electron chi connectivity index (χ4n) is 1.97. The van der Waals surface area contributed by atoms with Gasteiger partial charge < -0.3 is 9.72 Å². The number of hydrogen-bond donors (Lipinski definition) is 1. The molecule has 0 amide bonds. The highest BCUT2D eigenvalue weighted by Crippen LogP contribution is 2.28. The quantitative estimate of drug-likeness (QED) is 0.731. The molecular weight excluding hydrogens is 282 g/mol. The highest BCUT2D eigenvalue weighted by Gasteiger charge is 2.09. The highest BCUT2D eigenvalue weighted by molar-refractivity contribution is 7.71. The van der Waals surface area contributed by atoms with Crippen molar-refractivity contribution in [1.82, 2.24) is 14.5 Å². The van der Waals surface area contributed by atoms with Crippen molar-refractivity contribution in [3.63, 3.8) is 0 Å². The van der Waals surface area contributed by atoms with Crippen molar-refractivity contribution in [2.24, 2.45) is 0 Å². The van der Waals surface area contributed by atoms with Gasteiger partial charge in [-0.3, -0.25) is 4.57 Å². The second-order valence-corrected chi connectivity index (χ2v) is 4.75. The fraction of sp³-hybridized carbons (Fsp3) is 0.0769. The summed E-state index contributed by atoms with van der Waals surface area (Å²) in [6.45, 7) is 0. The first-order chi connectivity index (χ1) is 9.20. The number of methoxy groups -OCH3 is 1. The number of aromatic amines is 1. The van der Waals surface area contributed by atoms with Crippen molar-refractivity contribution in [3.05, 3.63) is 46.3 Å². The number of nitrogens with zero attached hydrogens (tertiary/aromatic N) is 2. The zero-order chi connectivity index (χ0) is 13.4. The summed E-state index contributed by atoms with van der Waals surface area (Å²) in [6, 6.07) is 9.29. The lowest BCUT2D eigenvalue weighted by Crippen LogP contribution is -1.96. The molecule has 96 valence electrons. The van der Waals surface area contributed by atoms with Crippen LogP contribution in [0.3, 0.4) is 0 Å². The molecule has 0 aliphatic carbocycles. The Labute approximate surface area is 119 Å². The zero-order valence-electron chi connectivity index (χ0n) is 10.1. The first-order valence-electron chi connectivity index (χ1n) is 5.60. The van der Waals surface area contributed by atoms with Gasteiger partial charge in [-0.1, -0.05) is 11.6 Å². The number of pyridine rings is 1.